The Hall–Kier alpha value is -2.04. The van der Waals surface area contributed by atoms with Crippen LogP contribution in [0, 0.1) is 6.92 Å². The van der Waals surface area contributed by atoms with E-state index in [4.69, 9.17) is 4.74 Å². The molecule has 0 aliphatic heterocycles. The second-order valence-electron chi connectivity index (χ2n) is 3.84. The predicted molar refractivity (Wildman–Crippen MR) is 61.8 cm³/mol. The van der Waals surface area contributed by atoms with E-state index in [1.165, 1.54) is 11.0 Å². The number of likely N-dealkylation sites (N-methyl/N-ethyl adjacent to an activating group) is 1. The third-order valence-corrected chi connectivity index (χ3v) is 2.28. The maximum atomic E-state index is 11.6. The topological polar surface area (TPSA) is 66.8 Å². The molecule has 5 nitrogen and oxygen atoms in total. The number of amides is 1. The highest BCUT2D eigenvalue weighted by Crippen LogP contribution is 2.21. The van der Waals surface area contributed by atoms with E-state index in [1.54, 1.807) is 33.2 Å². The highest BCUT2D eigenvalue weighted by atomic mass is 16.5. The molecule has 0 saturated heterocycles. The Morgan fingerprint density at radius 3 is 2.59 bits per heavy atom. The molecule has 0 saturated carbocycles. The predicted octanol–water partition coefficient (Wildman–Crippen LogP) is 0.946. The molecule has 0 unspecified atom stereocenters. The van der Waals surface area contributed by atoms with Gasteiger partial charge in [-0.25, -0.2) is 4.79 Å². The highest BCUT2D eigenvalue weighted by Gasteiger charge is 2.15. The van der Waals surface area contributed by atoms with Crippen LogP contribution in [0.15, 0.2) is 18.2 Å². The fraction of sp³-hybridized carbons (Fsp3) is 0.333. The van der Waals surface area contributed by atoms with Gasteiger partial charge < -0.3 is 14.7 Å². The number of nitrogens with zero attached hydrogens (tertiary/aromatic N) is 1. The Morgan fingerprint density at radius 1 is 1.35 bits per heavy atom. The number of esters is 1. The molecule has 0 aliphatic rings. The number of benzene rings is 1. The van der Waals surface area contributed by atoms with Gasteiger partial charge in [0.2, 0.25) is 0 Å². The summed E-state index contributed by atoms with van der Waals surface area (Å²) >= 11 is 0. The van der Waals surface area contributed by atoms with E-state index in [-0.39, 0.29) is 23.8 Å². The van der Waals surface area contributed by atoms with E-state index in [1.807, 2.05) is 0 Å². The standard InChI is InChI=1S/C12H15NO4/c1-8-5-4-6-9(11(8)15)12(16)17-7-10(14)13(2)3/h4-6,15H,7H2,1-3H3. The van der Waals surface area contributed by atoms with E-state index >= 15 is 0 Å². The summed E-state index contributed by atoms with van der Waals surface area (Å²) in [4.78, 5) is 24.1. The van der Waals surface area contributed by atoms with Crippen molar-refractivity contribution in [3.8, 4) is 5.75 Å². The summed E-state index contributed by atoms with van der Waals surface area (Å²) < 4.78 is 4.80. The molecular weight excluding hydrogens is 222 g/mol. The maximum Gasteiger partial charge on any atom is 0.342 e. The molecule has 17 heavy (non-hydrogen) atoms. The molecule has 1 rings (SSSR count). The number of rotatable bonds is 3. The summed E-state index contributed by atoms with van der Waals surface area (Å²) in [5.41, 5.74) is 0.648. The average molecular weight is 237 g/mol. The molecule has 0 atom stereocenters. The Bertz CT molecular complexity index is 440. The minimum absolute atomic E-state index is 0.0663. The fourth-order valence-corrected chi connectivity index (χ4v) is 1.16. The minimum atomic E-state index is -0.707. The molecule has 1 amide bonds. The first-order valence-corrected chi connectivity index (χ1v) is 5.09. The van der Waals surface area contributed by atoms with Crippen molar-refractivity contribution in [1.82, 2.24) is 4.90 Å². The number of hydrogen-bond donors (Lipinski definition) is 1. The molecule has 0 fully saturated rings. The number of carbonyl (C=O) groups is 2. The molecule has 0 bridgehead atoms. The van der Waals surface area contributed by atoms with Crippen LogP contribution in [0.1, 0.15) is 15.9 Å². The first kappa shape index (κ1) is 13.0. The molecule has 1 aromatic rings. The van der Waals surface area contributed by atoms with Crippen LogP contribution in [0.4, 0.5) is 0 Å². The molecule has 0 spiro atoms. The summed E-state index contributed by atoms with van der Waals surface area (Å²) in [5, 5.41) is 9.65. The van der Waals surface area contributed by atoms with Gasteiger partial charge >= 0.3 is 5.97 Å². The number of carbonyl (C=O) groups excluding carboxylic acids is 2. The van der Waals surface area contributed by atoms with Crippen LogP contribution in [0.2, 0.25) is 0 Å². The van der Waals surface area contributed by atoms with Crippen molar-refractivity contribution in [1.29, 1.82) is 0 Å². The molecular formula is C12H15NO4. The van der Waals surface area contributed by atoms with Gasteiger partial charge in [0.25, 0.3) is 5.91 Å². The van der Waals surface area contributed by atoms with Gasteiger partial charge in [-0.15, -0.1) is 0 Å². The van der Waals surface area contributed by atoms with Crippen LogP contribution in [0.25, 0.3) is 0 Å². The van der Waals surface area contributed by atoms with Gasteiger partial charge in [0.1, 0.15) is 11.3 Å². The van der Waals surface area contributed by atoms with E-state index in [0.717, 1.165) is 0 Å². The lowest BCUT2D eigenvalue weighted by Gasteiger charge is -2.11. The normalized spacial score (nSPS) is 9.82. The van der Waals surface area contributed by atoms with E-state index in [9.17, 15) is 14.7 Å². The number of hydrogen-bond acceptors (Lipinski definition) is 4. The zero-order chi connectivity index (χ0) is 13.0. The Morgan fingerprint density at radius 2 is 2.00 bits per heavy atom. The smallest absolute Gasteiger partial charge is 0.342 e. The number of phenols is 1. The zero-order valence-corrected chi connectivity index (χ0v) is 10.1. The van der Waals surface area contributed by atoms with Gasteiger partial charge in [-0.2, -0.15) is 0 Å². The van der Waals surface area contributed by atoms with Gasteiger partial charge in [0.15, 0.2) is 6.61 Å². The van der Waals surface area contributed by atoms with Gasteiger partial charge in [0, 0.05) is 14.1 Å². The lowest BCUT2D eigenvalue weighted by Crippen LogP contribution is -2.27. The monoisotopic (exact) mass is 237 g/mol. The molecule has 1 aromatic carbocycles. The summed E-state index contributed by atoms with van der Waals surface area (Å²) in [6.07, 6.45) is 0. The summed E-state index contributed by atoms with van der Waals surface area (Å²) in [5.74, 6) is -1.14. The van der Waals surface area contributed by atoms with Crippen molar-refractivity contribution in [2.45, 2.75) is 6.92 Å². The number of phenolic OH excluding ortho intramolecular Hbond substituents is 1. The van der Waals surface area contributed by atoms with Gasteiger partial charge in [0.05, 0.1) is 0 Å². The molecule has 0 heterocycles. The van der Waals surface area contributed by atoms with Gasteiger partial charge in [-0.05, 0) is 18.6 Å². The van der Waals surface area contributed by atoms with Crippen LogP contribution in [0.5, 0.6) is 5.75 Å². The van der Waals surface area contributed by atoms with E-state index in [0.29, 0.717) is 5.56 Å². The summed E-state index contributed by atoms with van der Waals surface area (Å²) in [6.45, 7) is 1.34. The van der Waals surface area contributed by atoms with E-state index in [2.05, 4.69) is 0 Å². The second-order valence-corrected chi connectivity index (χ2v) is 3.84. The molecule has 0 radical (unpaired) electrons. The van der Waals surface area contributed by atoms with Crippen molar-refractivity contribution >= 4 is 11.9 Å². The quantitative estimate of drug-likeness (QED) is 0.795. The maximum absolute atomic E-state index is 11.6. The largest absolute Gasteiger partial charge is 0.507 e. The average Bonchev–Trinajstić information content (AvgIpc) is 2.29. The summed E-state index contributed by atoms with van der Waals surface area (Å²) in [7, 11) is 3.14. The van der Waals surface area contributed by atoms with Crippen LogP contribution >= 0.6 is 0 Å². The lowest BCUT2D eigenvalue weighted by atomic mass is 10.1. The third-order valence-electron chi connectivity index (χ3n) is 2.28. The number of aromatic hydroxyl groups is 1. The zero-order valence-electron chi connectivity index (χ0n) is 10.1. The molecule has 5 heteroatoms. The Labute approximate surface area is 99.6 Å². The van der Waals surface area contributed by atoms with Crippen molar-refractivity contribution in [3.05, 3.63) is 29.3 Å². The second kappa shape index (κ2) is 5.34. The first-order chi connectivity index (χ1) is 7.93. The fourth-order valence-electron chi connectivity index (χ4n) is 1.16. The molecule has 0 aliphatic carbocycles. The Kier molecular flexibility index (Phi) is 4.09. The van der Waals surface area contributed by atoms with Crippen molar-refractivity contribution in [2.75, 3.05) is 20.7 Å². The van der Waals surface area contributed by atoms with Crippen molar-refractivity contribution < 1.29 is 19.4 Å². The summed E-state index contributed by atoms with van der Waals surface area (Å²) in [6, 6.07) is 4.77. The lowest BCUT2D eigenvalue weighted by molar-refractivity contribution is -0.131. The number of ether oxygens (including phenoxy) is 1. The van der Waals surface area contributed by atoms with Crippen LogP contribution in [-0.4, -0.2) is 42.6 Å². The van der Waals surface area contributed by atoms with Gasteiger partial charge in [-0.3, -0.25) is 4.79 Å². The Balaban J connectivity index is 2.71. The van der Waals surface area contributed by atoms with Crippen LogP contribution in [-0.2, 0) is 9.53 Å². The van der Waals surface area contributed by atoms with Crippen LogP contribution in [0.3, 0.4) is 0 Å². The van der Waals surface area contributed by atoms with Crippen molar-refractivity contribution in [2.24, 2.45) is 0 Å². The molecule has 1 N–H and O–H groups in total. The van der Waals surface area contributed by atoms with Crippen molar-refractivity contribution in [3.63, 3.8) is 0 Å². The van der Waals surface area contributed by atoms with Crippen LogP contribution < -0.4 is 0 Å². The molecule has 92 valence electrons. The highest BCUT2D eigenvalue weighted by molar-refractivity contribution is 5.94. The number of aryl methyl sites for hydroxylation is 1. The first-order valence-electron chi connectivity index (χ1n) is 5.09. The number of para-hydroxylation sites is 1. The third kappa shape index (κ3) is 3.21. The SMILES string of the molecule is Cc1cccc(C(=O)OCC(=O)N(C)C)c1O. The van der Waals surface area contributed by atoms with E-state index < -0.39 is 5.97 Å². The minimum Gasteiger partial charge on any atom is -0.507 e. The van der Waals surface area contributed by atoms with Gasteiger partial charge in [-0.1, -0.05) is 12.1 Å². The molecule has 0 aromatic heterocycles.